The van der Waals surface area contributed by atoms with E-state index < -0.39 is 15.6 Å². The molecule has 0 bridgehead atoms. The lowest BCUT2D eigenvalue weighted by atomic mass is 10.0. The van der Waals surface area contributed by atoms with Crippen molar-refractivity contribution in [2.75, 3.05) is 12.8 Å². The lowest BCUT2D eigenvalue weighted by Gasteiger charge is -2.28. The molecule has 0 saturated heterocycles. The van der Waals surface area contributed by atoms with Gasteiger partial charge in [0.15, 0.2) is 0 Å². The monoisotopic (exact) mass is 302 g/mol. The molecule has 20 heavy (non-hydrogen) atoms. The third kappa shape index (κ3) is 4.99. The van der Waals surface area contributed by atoms with Crippen LogP contribution in [0.25, 0.3) is 0 Å². The van der Waals surface area contributed by atoms with E-state index in [9.17, 15) is 18.6 Å². The van der Waals surface area contributed by atoms with Gasteiger partial charge in [-0.2, -0.15) is 0 Å². The van der Waals surface area contributed by atoms with Crippen molar-refractivity contribution in [2.45, 2.75) is 32.4 Å². The van der Waals surface area contributed by atoms with Crippen LogP contribution in [-0.4, -0.2) is 37.0 Å². The maximum atomic E-state index is 11.3. The van der Waals surface area contributed by atoms with Crippen LogP contribution in [0, 0.1) is 0 Å². The zero-order valence-corrected chi connectivity index (χ0v) is 13.0. The highest BCUT2D eigenvalue weighted by atomic mass is 32.2. The Morgan fingerprint density at radius 3 is 2.20 bits per heavy atom. The van der Waals surface area contributed by atoms with E-state index in [4.69, 9.17) is 0 Å². The molecule has 0 amide bonds. The van der Waals surface area contributed by atoms with Gasteiger partial charge in [0, 0.05) is 18.1 Å². The highest BCUT2D eigenvalue weighted by Gasteiger charge is 2.24. The molecule has 0 aliphatic carbocycles. The summed E-state index contributed by atoms with van der Waals surface area (Å²) in [6.45, 7) is 5.62. The molecule has 0 saturated carbocycles. The Labute approximate surface area is 119 Å². The number of hydrogen-bond acceptors (Lipinski definition) is 5. The topological polar surface area (TPSA) is 98.7 Å². The summed E-state index contributed by atoms with van der Waals surface area (Å²) in [7, 11) is -3.30. The first-order chi connectivity index (χ1) is 9.02. The minimum Gasteiger partial charge on any atom is -0.507 e. The second-order valence-corrected chi connectivity index (χ2v) is 7.32. The van der Waals surface area contributed by atoms with E-state index in [1.807, 2.05) is 0 Å². The van der Waals surface area contributed by atoms with Crippen molar-refractivity contribution in [1.29, 1.82) is 0 Å². The van der Waals surface area contributed by atoms with Gasteiger partial charge in [-0.05, 0) is 32.9 Å². The van der Waals surface area contributed by atoms with Gasteiger partial charge in [-0.1, -0.05) is 6.07 Å². The fourth-order valence-electron chi connectivity index (χ4n) is 2.03. The Bertz CT molecular complexity index is 549. The van der Waals surface area contributed by atoms with Crippen LogP contribution in [0.2, 0.25) is 0 Å². The number of nitrogens with one attached hydrogen (secondary N) is 2. The predicted octanol–water partition coefficient (Wildman–Crippen LogP) is 1.08. The number of benzene rings is 1. The molecule has 6 nitrogen and oxygen atoms in total. The van der Waals surface area contributed by atoms with Crippen LogP contribution in [0.3, 0.4) is 0 Å². The average Bonchev–Trinajstić information content (AvgIpc) is 2.23. The standard InChI is InChI=1S/C13H22N2O4S/c1-9(12-10(16)6-5-7-11(12)17)14-8-13(2,3)15-20(4,18)19/h5-7,9,14-17H,8H2,1-4H3. The molecular weight excluding hydrogens is 280 g/mol. The van der Waals surface area contributed by atoms with Crippen molar-refractivity contribution in [3.05, 3.63) is 23.8 Å². The van der Waals surface area contributed by atoms with E-state index in [1.165, 1.54) is 12.1 Å². The Hall–Kier alpha value is -1.31. The summed E-state index contributed by atoms with van der Waals surface area (Å²) in [5.41, 5.74) is -0.287. The summed E-state index contributed by atoms with van der Waals surface area (Å²) < 4.78 is 25.0. The molecular formula is C13H22N2O4S. The zero-order valence-electron chi connectivity index (χ0n) is 12.1. The van der Waals surface area contributed by atoms with Gasteiger partial charge < -0.3 is 15.5 Å². The van der Waals surface area contributed by atoms with Gasteiger partial charge in [0.05, 0.1) is 11.8 Å². The summed E-state index contributed by atoms with van der Waals surface area (Å²) in [6, 6.07) is 4.22. The third-order valence-corrected chi connectivity index (χ3v) is 3.73. The average molecular weight is 302 g/mol. The Kier molecular flexibility index (Phi) is 5.01. The van der Waals surface area contributed by atoms with Gasteiger partial charge in [0.2, 0.25) is 10.0 Å². The van der Waals surface area contributed by atoms with Gasteiger partial charge in [-0.15, -0.1) is 0 Å². The lowest BCUT2D eigenvalue weighted by Crippen LogP contribution is -2.50. The molecule has 0 heterocycles. The first-order valence-corrected chi connectivity index (χ1v) is 8.14. The maximum Gasteiger partial charge on any atom is 0.209 e. The summed E-state index contributed by atoms with van der Waals surface area (Å²) in [4.78, 5) is 0. The van der Waals surface area contributed by atoms with Crippen molar-refractivity contribution >= 4 is 10.0 Å². The number of hydrogen-bond donors (Lipinski definition) is 4. The van der Waals surface area contributed by atoms with E-state index in [0.717, 1.165) is 6.26 Å². The molecule has 0 aliphatic heterocycles. The molecule has 0 radical (unpaired) electrons. The minimum absolute atomic E-state index is 0.00104. The highest BCUT2D eigenvalue weighted by molar-refractivity contribution is 7.88. The fourth-order valence-corrected chi connectivity index (χ4v) is 3.11. The molecule has 1 unspecified atom stereocenters. The second-order valence-electron chi connectivity index (χ2n) is 5.57. The van der Waals surface area contributed by atoms with Gasteiger partial charge >= 0.3 is 0 Å². The fraction of sp³-hybridized carbons (Fsp3) is 0.538. The van der Waals surface area contributed by atoms with Crippen LogP contribution in [0.15, 0.2) is 18.2 Å². The molecule has 1 aromatic carbocycles. The summed E-state index contributed by atoms with van der Waals surface area (Å²) in [6.07, 6.45) is 1.10. The van der Waals surface area contributed by atoms with E-state index in [2.05, 4.69) is 10.0 Å². The van der Waals surface area contributed by atoms with Crippen molar-refractivity contribution in [3.8, 4) is 11.5 Å². The smallest absolute Gasteiger partial charge is 0.209 e. The first-order valence-electron chi connectivity index (χ1n) is 6.25. The Morgan fingerprint density at radius 1 is 1.25 bits per heavy atom. The van der Waals surface area contributed by atoms with Crippen LogP contribution < -0.4 is 10.0 Å². The highest BCUT2D eigenvalue weighted by Crippen LogP contribution is 2.32. The Balaban J connectivity index is 2.75. The minimum atomic E-state index is -3.30. The molecule has 1 atom stereocenters. The predicted molar refractivity (Wildman–Crippen MR) is 78.2 cm³/mol. The van der Waals surface area contributed by atoms with E-state index in [0.29, 0.717) is 12.1 Å². The van der Waals surface area contributed by atoms with E-state index in [-0.39, 0.29) is 17.5 Å². The number of sulfonamides is 1. The second kappa shape index (κ2) is 5.99. The molecule has 0 aliphatic rings. The van der Waals surface area contributed by atoms with Crippen LogP contribution in [0.1, 0.15) is 32.4 Å². The van der Waals surface area contributed by atoms with Gasteiger partial charge in [0.1, 0.15) is 11.5 Å². The van der Waals surface area contributed by atoms with E-state index >= 15 is 0 Å². The molecule has 0 fully saturated rings. The molecule has 7 heteroatoms. The quantitative estimate of drug-likeness (QED) is 0.630. The molecule has 1 aromatic rings. The normalized spacial score (nSPS) is 14.2. The lowest BCUT2D eigenvalue weighted by molar-refractivity contribution is 0.379. The van der Waals surface area contributed by atoms with Crippen molar-refractivity contribution < 1.29 is 18.6 Å². The van der Waals surface area contributed by atoms with E-state index in [1.54, 1.807) is 26.8 Å². The largest absolute Gasteiger partial charge is 0.507 e. The van der Waals surface area contributed by atoms with Crippen LogP contribution >= 0.6 is 0 Å². The van der Waals surface area contributed by atoms with Crippen LogP contribution in [0.5, 0.6) is 11.5 Å². The maximum absolute atomic E-state index is 11.3. The van der Waals surface area contributed by atoms with Crippen molar-refractivity contribution in [2.24, 2.45) is 0 Å². The molecule has 0 aromatic heterocycles. The SMILES string of the molecule is CC(NCC(C)(C)NS(C)(=O)=O)c1c(O)cccc1O. The summed E-state index contributed by atoms with van der Waals surface area (Å²) in [5, 5.41) is 22.6. The van der Waals surface area contributed by atoms with Crippen LogP contribution in [-0.2, 0) is 10.0 Å². The van der Waals surface area contributed by atoms with Gasteiger partial charge in [-0.3, -0.25) is 0 Å². The molecule has 0 spiro atoms. The number of rotatable bonds is 6. The summed E-state index contributed by atoms with van der Waals surface area (Å²) in [5.74, 6) is -0.00208. The van der Waals surface area contributed by atoms with Gasteiger partial charge in [-0.25, -0.2) is 13.1 Å². The van der Waals surface area contributed by atoms with Crippen molar-refractivity contribution in [1.82, 2.24) is 10.0 Å². The van der Waals surface area contributed by atoms with Crippen LogP contribution in [0.4, 0.5) is 0 Å². The molecule has 1 rings (SSSR count). The zero-order chi connectivity index (χ0) is 15.6. The Morgan fingerprint density at radius 2 is 1.75 bits per heavy atom. The van der Waals surface area contributed by atoms with Crippen molar-refractivity contribution in [3.63, 3.8) is 0 Å². The number of aromatic hydroxyl groups is 2. The first kappa shape index (κ1) is 16.7. The third-order valence-electron chi connectivity index (χ3n) is 2.80. The summed E-state index contributed by atoms with van der Waals surface area (Å²) >= 11 is 0. The molecule has 4 N–H and O–H groups in total. The number of phenolic OH excluding ortho intramolecular Hbond substituents is 2. The van der Waals surface area contributed by atoms with Gasteiger partial charge in [0.25, 0.3) is 0 Å². The number of phenols is 2. The molecule has 114 valence electrons.